The van der Waals surface area contributed by atoms with E-state index in [-0.39, 0.29) is 11.8 Å². The third-order valence-electron chi connectivity index (χ3n) is 3.78. The summed E-state index contributed by atoms with van der Waals surface area (Å²) in [6.07, 6.45) is 1.86. The van der Waals surface area contributed by atoms with E-state index in [0.717, 1.165) is 31.6 Å². The van der Waals surface area contributed by atoms with Crippen LogP contribution in [0.2, 0.25) is 0 Å². The summed E-state index contributed by atoms with van der Waals surface area (Å²) >= 11 is 0. The molecule has 1 fully saturated rings. The van der Waals surface area contributed by atoms with Gasteiger partial charge in [-0.1, -0.05) is 6.07 Å². The molecule has 0 spiro atoms. The standard InChI is InChI=1S/C15H22N4O2/c1-18(2)15(21)13-5-3-4-12(17-13)11-6-8-19(9-7-11)10-14(16)20/h3-5,11H,6-10H2,1-2H3,(H2,16,20). The molecule has 0 saturated carbocycles. The molecule has 2 N–H and O–H groups in total. The summed E-state index contributed by atoms with van der Waals surface area (Å²) in [4.78, 5) is 31.0. The van der Waals surface area contributed by atoms with Crippen LogP contribution in [-0.4, -0.2) is 60.3 Å². The number of piperidine rings is 1. The van der Waals surface area contributed by atoms with Crippen molar-refractivity contribution in [1.82, 2.24) is 14.8 Å². The van der Waals surface area contributed by atoms with Gasteiger partial charge in [-0.15, -0.1) is 0 Å². The molecule has 1 aliphatic heterocycles. The molecule has 0 unspecified atom stereocenters. The molecule has 21 heavy (non-hydrogen) atoms. The second-order valence-electron chi connectivity index (χ2n) is 5.66. The van der Waals surface area contributed by atoms with Gasteiger partial charge in [-0.25, -0.2) is 4.98 Å². The van der Waals surface area contributed by atoms with Crippen LogP contribution in [0.1, 0.15) is 34.9 Å². The van der Waals surface area contributed by atoms with Crippen molar-refractivity contribution >= 4 is 11.8 Å². The van der Waals surface area contributed by atoms with Gasteiger partial charge in [-0.05, 0) is 38.1 Å². The van der Waals surface area contributed by atoms with Crippen molar-refractivity contribution < 1.29 is 9.59 Å². The van der Waals surface area contributed by atoms with Crippen LogP contribution in [0, 0.1) is 0 Å². The molecule has 0 aromatic carbocycles. The van der Waals surface area contributed by atoms with Gasteiger partial charge in [-0.3, -0.25) is 14.5 Å². The molecule has 0 bridgehead atoms. The maximum atomic E-state index is 12.0. The highest BCUT2D eigenvalue weighted by Crippen LogP contribution is 2.26. The molecular weight excluding hydrogens is 268 g/mol. The fraction of sp³-hybridized carbons (Fsp3) is 0.533. The van der Waals surface area contributed by atoms with Gasteiger partial charge in [0.2, 0.25) is 5.91 Å². The molecule has 6 nitrogen and oxygen atoms in total. The number of nitrogens with two attached hydrogens (primary N) is 1. The van der Waals surface area contributed by atoms with Gasteiger partial charge in [0.15, 0.2) is 0 Å². The van der Waals surface area contributed by atoms with E-state index in [0.29, 0.717) is 18.2 Å². The molecule has 1 aromatic heterocycles. The molecule has 0 radical (unpaired) electrons. The van der Waals surface area contributed by atoms with E-state index in [1.807, 2.05) is 12.1 Å². The lowest BCUT2D eigenvalue weighted by molar-refractivity contribution is -0.119. The summed E-state index contributed by atoms with van der Waals surface area (Å²) in [5, 5.41) is 0. The normalized spacial score (nSPS) is 16.7. The Bertz CT molecular complexity index is 522. The van der Waals surface area contributed by atoms with Crippen LogP contribution >= 0.6 is 0 Å². The number of nitrogens with zero attached hydrogens (tertiary/aromatic N) is 3. The first-order valence-corrected chi connectivity index (χ1v) is 7.16. The van der Waals surface area contributed by atoms with Crippen molar-refractivity contribution in [3.8, 4) is 0 Å². The highest BCUT2D eigenvalue weighted by Gasteiger charge is 2.23. The average Bonchev–Trinajstić information content (AvgIpc) is 2.46. The quantitative estimate of drug-likeness (QED) is 0.873. The summed E-state index contributed by atoms with van der Waals surface area (Å²) in [6.45, 7) is 1.99. The fourth-order valence-electron chi connectivity index (χ4n) is 2.63. The minimum absolute atomic E-state index is 0.0805. The number of hydrogen-bond donors (Lipinski definition) is 1. The van der Waals surface area contributed by atoms with Gasteiger partial charge in [0, 0.05) is 25.7 Å². The van der Waals surface area contributed by atoms with E-state index < -0.39 is 0 Å². The molecule has 1 aromatic rings. The number of carbonyl (C=O) groups is 2. The van der Waals surface area contributed by atoms with E-state index in [1.54, 1.807) is 20.2 Å². The lowest BCUT2D eigenvalue weighted by Crippen LogP contribution is -2.39. The summed E-state index contributed by atoms with van der Waals surface area (Å²) in [5.74, 6) is -0.0304. The molecule has 1 aliphatic rings. The predicted octanol–water partition coefficient (Wildman–Crippen LogP) is 0.448. The number of amides is 2. The van der Waals surface area contributed by atoms with Crippen LogP contribution in [0.4, 0.5) is 0 Å². The first kappa shape index (κ1) is 15.4. The van der Waals surface area contributed by atoms with Gasteiger partial charge >= 0.3 is 0 Å². The number of primary amides is 1. The zero-order valence-corrected chi connectivity index (χ0v) is 12.6. The third-order valence-corrected chi connectivity index (χ3v) is 3.78. The zero-order valence-electron chi connectivity index (χ0n) is 12.6. The molecule has 114 valence electrons. The number of rotatable bonds is 4. The summed E-state index contributed by atoms with van der Waals surface area (Å²) in [6, 6.07) is 5.60. The Morgan fingerprint density at radius 1 is 1.33 bits per heavy atom. The average molecular weight is 290 g/mol. The Morgan fingerprint density at radius 2 is 2.00 bits per heavy atom. The van der Waals surface area contributed by atoms with Crippen LogP contribution in [0.3, 0.4) is 0 Å². The highest BCUT2D eigenvalue weighted by atomic mass is 16.2. The molecular formula is C15H22N4O2. The van der Waals surface area contributed by atoms with Crippen molar-refractivity contribution in [3.63, 3.8) is 0 Å². The molecule has 2 rings (SSSR count). The smallest absolute Gasteiger partial charge is 0.271 e. The Morgan fingerprint density at radius 3 is 2.57 bits per heavy atom. The second-order valence-corrected chi connectivity index (χ2v) is 5.66. The maximum Gasteiger partial charge on any atom is 0.271 e. The SMILES string of the molecule is CN(C)C(=O)c1cccc(C2CCN(CC(N)=O)CC2)n1. The number of aromatic nitrogens is 1. The van der Waals surface area contributed by atoms with E-state index in [4.69, 9.17) is 5.73 Å². The van der Waals surface area contributed by atoms with Crippen molar-refractivity contribution in [2.24, 2.45) is 5.73 Å². The molecule has 0 atom stereocenters. The second kappa shape index (κ2) is 6.67. The fourth-order valence-corrected chi connectivity index (χ4v) is 2.63. The number of carbonyl (C=O) groups excluding carboxylic acids is 2. The van der Waals surface area contributed by atoms with Gasteiger partial charge < -0.3 is 10.6 Å². The number of pyridine rings is 1. The van der Waals surface area contributed by atoms with Gasteiger partial charge in [0.05, 0.1) is 6.54 Å². The summed E-state index contributed by atoms with van der Waals surface area (Å²) in [5.41, 5.74) is 6.66. The molecule has 6 heteroatoms. The number of likely N-dealkylation sites (tertiary alicyclic amines) is 1. The van der Waals surface area contributed by atoms with E-state index in [9.17, 15) is 9.59 Å². The summed E-state index contributed by atoms with van der Waals surface area (Å²) < 4.78 is 0. The van der Waals surface area contributed by atoms with Crippen LogP contribution in [0.15, 0.2) is 18.2 Å². The van der Waals surface area contributed by atoms with E-state index >= 15 is 0 Å². The van der Waals surface area contributed by atoms with Crippen LogP contribution in [0.5, 0.6) is 0 Å². The van der Waals surface area contributed by atoms with Crippen molar-refractivity contribution in [2.75, 3.05) is 33.7 Å². The Balaban J connectivity index is 2.02. The first-order chi connectivity index (χ1) is 9.97. The Hall–Kier alpha value is -1.95. The van der Waals surface area contributed by atoms with Gasteiger partial charge in [0.25, 0.3) is 5.91 Å². The monoisotopic (exact) mass is 290 g/mol. The predicted molar refractivity (Wildman–Crippen MR) is 79.9 cm³/mol. The zero-order chi connectivity index (χ0) is 15.4. The minimum Gasteiger partial charge on any atom is -0.369 e. The molecule has 1 saturated heterocycles. The lowest BCUT2D eigenvalue weighted by atomic mass is 9.93. The third kappa shape index (κ3) is 4.01. The topological polar surface area (TPSA) is 79.5 Å². The van der Waals surface area contributed by atoms with E-state index in [2.05, 4.69) is 9.88 Å². The molecule has 0 aliphatic carbocycles. The van der Waals surface area contributed by atoms with Crippen molar-refractivity contribution in [3.05, 3.63) is 29.6 Å². The lowest BCUT2D eigenvalue weighted by Gasteiger charge is -2.30. The van der Waals surface area contributed by atoms with Crippen molar-refractivity contribution in [2.45, 2.75) is 18.8 Å². The van der Waals surface area contributed by atoms with Crippen LogP contribution in [-0.2, 0) is 4.79 Å². The minimum atomic E-state index is -0.287. The first-order valence-electron chi connectivity index (χ1n) is 7.16. The Labute approximate surface area is 124 Å². The summed E-state index contributed by atoms with van der Waals surface area (Å²) in [7, 11) is 3.44. The number of hydrogen-bond acceptors (Lipinski definition) is 4. The molecule has 2 amide bonds. The van der Waals surface area contributed by atoms with Crippen LogP contribution < -0.4 is 5.73 Å². The van der Waals surface area contributed by atoms with Crippen molar-refractivity contribution in [1.29, 1.82) is 0 Å². The highest BCUT2D eigenvalue weighted by molar-refractivity contribution is 5.91. The largest absolute Gasteiger partial charge is 0.369 e. The molecule has 2 heterocycles. The van der Waals surface area contributed by atoms with Crippen LogP contribution in [0.25, 0.3) is 0 Å². The van der Waals surface area contributed by atoms with Gasteiger partial charge in [0.1, 0.15) is 5.69 Å². The maximum absolute atomic E-state index is 12.0. The Kier molecular flexibility index (Phi) is 4.90. The van der Waals surface area contributed by atoms with Gasteiger partial charge in [-0.2, -0.15) is 0 Å². The van der Waals surface area contributed by atoms with E-state index in [1.165, 1.54) is 4.90 Å².